The van der Waals surface area contributed by atoms with Crippen LogP contribution in [0.25, 0.3) is 6.08 Å². The van der Waals surface area contributed by atoms with Gasteiger partial charge in [-0.25, -0.2) is 0 Å². The van der Waals surface area contributed by atoms with Gasteiger partial charge in [-0.15, -0.1) is 0 Å². The quantitative estimate of drug-likeness (QED) is 0.604. The molecule has 1 heterocycles. The first-order chi connectivity index (χ1) is 13.6. The van der Waals surface area contributed by atoms with Gasteiger partial charge in [0, 0.05) is 16.8 Å². The van der Waals surface area contributed by atoms with Crippen LogP contribution in [-0.2, 0) is 4.79 Å². The molecule has 3 atom stereocenters. The van der Waals surface area contributed by atoms with E-state index in [0.29, 0.717) is 10.9 Å². The fraction of sp³-hybridized carbons (Fsp3) is 0.348. The summed E-state index contributed by atoms with van der Waals surface area (Å²) in [7, 11) is 0. The second-order valence-corrected chi connectivity index (χ2v) is 9.08. The van der Waals surface area contributed by atoms with Gasteiger partial charge in [-0.3, -0.25) is 4.79 Å². The molecule has 1 aliphatic heterocycles. The van der Waals surface area contributed by atoms with Gasteiger partial charge < -0.3 is 10.2 Å². The number of halogens is 1. The lowest BCUT2D eigenvalue weighted by Gasteiger charge is -2.39. The van der Waals surface area contributed by atoms with Crippen molar-refractivity contribution in [1.29, 1.82) is 0 Å². The zero-order valence-electron chi connectivity index (χ0n) is 16.0. The monoisotopic (exact) mass is 412 g/mol. The van der Waals surface area contributed by atoms with E-state index in [0.717, 1.165) is 22.6 Å². The summed E-state index contributed by atoms with van der Waals surface area (Å²) < 4.78 is 0. The number of anilines is 1. The number of nitrogens with one attached hydrogen (secondary N) is 1. The molecule has 4 rings (SSSR count). The van der Waals surface area contributed by atoms with E-state index < -0.39 is 0 Å². The highest BCUT2D eigenvalue weighted by Crippen LogP contribution is 2.42. The molecule has 0 aromatic heterocycles. The molecule has 1 amide bonds. The highest BCUT2D eigenvalue weighted by molar-refractivity contribution is 8.05. The van der Waals surface area contributed by atoms with Crippen LogP contribution in [0.1, 0.15) is 38.2 Å². The highest BCUT2D eigenvalue weighted by atomic mass is 35.5. The Morgan fingerprint density at radius 1 is 1.07 bits per heavy atom. The minimum absolute atomic E-state index is 0.103. The van der Waals surface area contributed by atoms with Gasteiger partial charge in [0.15, 0.2) is 5.50 Å². The minimum Gasteiger partial charge on any atom is -0.356 e. The largest absolute Gasteiger partial charge is 0.356 e. The van der Waals surface area contributed by atoms with Crippen molar-refractivity contribution in [2.24, 2.45) is 5.92 Å². The number of benzene rings is 2. The van der Waals surface area contributed by atoms with Crippen molar-refractivity contribution in [1.82, 2.24) is 4.90 Å². The second-order valence-electron chi connectivity index (χ2n) is 7.55. The molecular weight excluding hydrogens is 388 g/mol. The lowest BCUT2D eigenvalue weighted by atomic mass is 9.85. The molecular formula is C23H25ClN2OS. The highest BCUT2D eigenvalue weighted by Gasteiger charge is 2.42. The van der Waals surface area contributed by atoms with Crippen molar-refractivity contribution < 1.29 is 4.79 Å². The summed E-state index contributed by atoms with van der Waals surface area (Å²) in [5.41, 5.74) is 1.81. The van der Waals surface area contributed by atoms with Crippen molar-refractivity contribution in [3.63, 3.8) is 0 Å². The van der Waals surface area contributed by atoms with E-state index >= 15 is 0 Å². The van der Waals surface area contributed by atoms with Crippen LogP contribution in [0.5, 0.6) is 0 Å². The van der Waals surface area contributed by atoms with Crippen LogP contribution < -0.4 is 5.32 Å². The number of rotatable bonds is 4. The first kappa shape index (κ1) is 19.4. The third-order valence-corrected chi connectivity index (χ3v) is 7.07. The predicted molar refractivity (Wildman–Crippen MR) is 119 cm³/mol. The average Bonchev–Trinajstić information content (AvgIpc) is 3.00. The van der Waals surface area contributed by atoms with E-state index in [9.17, 15) is 4.79 Å². The number of para-hydroxylation sites is 1. The van der Waals surface area contributed by atoms with Crippen LogP contribution in [0.2, 0.25) is 5.02 Å². The molecule has 3 nitrogen and oxygen atoms in total. The number of carbonyl (C=O) groups excluding carboxylic acids is 1. The fourth-order valence-electron chi connectivity index (χ4n) is 4.10. The van der Waals surface area contributed by atoms with Crippen LogP contribution in [-0.4, -0.2) is 22.3 Å². The second kappa shape index (κ2) is 8.62. The molecule has 1 saturated heterocycles. The van der Waals surface area contributed by atoms with Crippen molar-refractivity contribution >= 4 is 41.0 Å². The molecule has 2 fully saturated rings. The summed E-state index contributed by atoms with van der Waals surface area (Å²) in [5.74, 6) is 0.620. The standard InChI is InChI=1S/C23H25ClN2OS/c1-16-9-5-8-14-20(16)26-22(27)21(15-17-10-6-7-13-19(17)24)28-23(26)25-18-11-3-2-4-12-18/h2-4,6-7,10-13,15-16,20,23,25H,5,8-9,14H2,1H3/b21-15-/t16-,20-,23?/m0/s1. The van der Waals surface area contributed by atoms with E-state index in [1.54, 1.807) is 11.8 Å². The van der Waals surface area contributed by atoms with Gasteiger partial charge in [0.2, 0.25) is 0 Å². The smallest absolute Gasteiger partial charge is 0.262 e. The predicted octanol–water partition coefficient (Wildman–Crippen LogP) is 6.23. The van der Waals surface area contributed by atoms with Crippen LogP contribution in [0.15, 0.2) is 59.5 Å². The number of hydrogen-bond donors (Lipinski definition) is 1. The molecule has 146 valence electrons. The van der Waals surface area contributed by atoms with E-state index in [4.69, 9.17) is 11.6 Å². The van der Waals surface area contributed by atoms with Crippen molar-refractivity contribution in [2.75, 3.05) is 5.32 Å². The van der Waals surface area contributed by atoms with E-state index in [2.05, 4.69) is 17.1 Å². The van der Waals surface area contributed by atoms with Gasteiger partial charge >= 0.3 is 0 Å². The van der Waals surface area contributed by atoms with Crippen LogP contribution in [0, 0.1) is 5.92 Å². The third kappa shape index (κ3) is 4.08. The summed E-state index contributed by atoms with van der Waals surface area (Å²) >= 11 is 7.92. The summed E-state index contributed by atoms with van der Waals surface area (Å²) in [6.45, 7) is 2.27. The topological polar surface area (TPSA) is 32.3 Å². The number of amides is 1. The zero-order valence-corrected chi connectivity index (χ0v) is 17.5. The number of hydrogen-bond acceptors (Lipinski definition) is 3. The molecule has 0 spiro atoms. The summed E-state index contributed by atoms with van der Waals surface area (Å²) in [4.78, 5) is 16.2. The Morgan fingerprint density at radius 2 is 1.79 bits per heavy atom. The molecule has 5 heteroatoms. The summed E-state index contributed by atoms with van der Waals surface area (Å²) in [6.07, 6.45) is 6.63. The van der Waals surface area contributed by atoms with Crippen molar-refractivity contribution in [2.45, 2.75) is 44.1 Å². The first-order valence-corrected chi connectivity index (χ1v) is 11.2. The maximum absolute atomic E-state index is 13.4. The number of thioether (sulfide) groups is 1. The van der Waals surface area contributed by atoms with Crippen LogP contribution in [0.4, 0.5) is 5.69 Å². The van der Waals surface area contributed by atoms with Crippen LogP contribution in [0.3, 0.4) is 0 Å². The van der Waals surface area contributed by atoms with Gasteiger partial charge in [-0.1, -0.05) is 79.5 Å². The molecule has 0 bridgehead atoms. The normalized spacial score (nSPS) is 26.6. The molecule has 1 saturated carbocycles. The molecule has 2 aromatic carbocycles. The van der Waals surface area contributed by atoms with E-state index in [-0.39, 0.29) is 17.4 Å². The third-order valence-electron chi connectivity index (χ3n) is 5.62. The Balaban J connectivity index is 1.66. The summed E-state index contributed by atoms with van der Waals surface area (Å²) in [6, 6.07) is 18.1. The van der Waals surface area contributed by atoms with Gasteiger partial charge in [0.1, 0.15) is 0 Å². The first-order valence-electron chi connectivity index (χ1n) is 9.90. The zero-order chi connectivity index (χ0) is 19.5. The SMILES string of the molecule is C[C@H]1CCCC[C@@H]1N1C(=O)/C(=C/c2ccccc2Cl)SC1Nc1ccccc1. The van der Waals surface area contributed by atoms with E-state index in [1.807, 2.05) is 60.7 Å². The number of carbonyl (C=O) groups is 1. The lowest BCUT2D eigenvalue weighted by Crippen LogP contribution is -2.48. The molecule has 2 aromatic rings. The molecule has 2 aliphatic rings. The summed E-state index contributed by atoms with van der Waals surface area (Å²) in [5, 5.41) is 4.23. The fourth-order valence-corrected chi connectivity index (χ4v) is 5.49. The Hall–Kier alpha value is -1.91. The Labute approximate surface area is 176 Å². The Kier molecular flexibility index (Phi) is 5.98. The molecule has 0 radical (unpaired) electrons. The van der Waals surface area contributed by atoms with Crippen molar-refractivity contribution in [3.8, 4) is 0 Å². The molecule has 1 aliphatic carbocycles. The molecule has 1 unspecified atom stereocenters. The molecule has 1 N–H and O–H groups in total. The number of nitrogens with zero attached hydrogens (tertiary/aromatic N) is 1. The van der Waals surface area contributed by atoms with Crippen LogP contribution >= 0.6 is 23.4 Å². The van der Waals surface area contributed by atoms with Gasteiger partial charge in [0.05, 0.1) is 4.91 Å². The average molecular weight is 413 g/mol. The Bertz CT molecular complexity index is 870. The molecule has 28 heavy (non-hydrogen) atoms. The van der Waals surface area contributed by atoms with E-state index in [1.165, 1.54) is 19.3 Å². The van der Waals surface area contributed by atoms with Gasteiger partial charge in [-0.2, -0.15) is 0 Å². The minimum atomic E-state index is -0.103. The lowest BCUT2D eigenvalue weighted by molar-refractivity contribution is -0.129. The Morgan fingerprint density at radius 3 is 2.54 bits per heavy atom. The van der Waals surface area contributed by atoms with Gasteiger partial charge in [0.25, 0.3) is 5.91 Å². The maximum Gasteiger partial charge on any atom is 0.262 e. The maximum atomic E-state index is 13.4. The van der Waals surface area contributed by atoms with Gasteiger partial charge in [-0.05, 0) is 48.6 Å². The van der Waals surface area contributed by atoms with Crippen molar-refractivity contribution in [3.05, 3.63) is 70.1 Å².